The number of ether oxygens (including phenoxy) is 1. The van der Waals surface area contributed by atoms with Gasteiger partial charge in [-0.05, 0) is 32.0 Å². The van der Waals surface area contributed by atoms with Gasteiger partial charge in [0.15, 0.2) is 9.84 Å². The lowest BCUT2D eigenvalue weighted by Crippen LogP contribution is -2.48. The summed E-state index contributed by atoms with van der Waals surface area (Å²) in [6, 6.07) is 3.68. The molecule has 1 aliphatic heterocycles. The molecule has 0 radical (unpaired) electrons. The number of nitrogen functional groups attached to an aromatic ring is 1. The Hall–Kier alpha value is -1.18. The van der Waals surface area contributed by atoms with Crippen molar-refractivity contribution in [3.63, 3.8) is 0 Å². The molecular weight excluding hydrogens is 295 g/mol. The lowest BCUT2D eigenvalue weighted by Gasteiger charge is -2.35. The Morgan fingerprint density at radius 3 is 2.81 bits per heavy atom. The van der Waals surface area contributed by atoms with E-state index in [1.807, 2.05) is 0 Å². The van der Waals surface area contributed by atoms with Gasteiger partial charge in [-0.2, -0.15) is 0 Å². The molecule has 0 aromatic heterocycles. The molecule has 0 amide bonds. The van der Waals surface area contributed by atoms with E-state index in [1.165, 1.54) is 6.07 Å². The molecule has 2 N–H and O–H groups in total. The van der Waals surface area contributed by atoms with Crippen LogP contribution in [-0.2, 0) is 14.6 Å². The number of nitrogens with zero attached hydrogens (tertiary/aromatic N) is 1. The van der Waals surface area contributed by atoms with Crippen molar-refractivity contribution >= 4 is 15.5 Å². The second kappa shape index (κ2) is 6.29. The van der Waals surface area contributed by atoms with Crippen LogP contribution in [0.3, 0.4) is 0 Å². The fraction of sp³-hybridized carbons (Fsp3) is 0.571. The zero-order valence-corrected chi connectivity index (χ0v) is 13.1. The summed E-state index contributed by atoms with van der Waals surface area (Å²) in [6.07, 6.45) is -0.393. The van der Waals surface area contributed by atoms with Crippen LogP contribution in [0.1, 0.15) is 13.8 Å². The molecule has 1 aromatic rings. The van der Waals surface area contributed by atoms with Gasteiger partial charge in [0.1, 0.15) is 5.82 Å². The summed E-state index contributed by atoms with van der Waals surface area (Å²) in [6.45, 7) is 6.01. The second-order valence-corrected chi connectivity index (χ2v) is 7.55. The Labute approximate surface area is 124 Å². The van der Waals surface area contributed by atoms with Gasteiger partial charge in [-0.1, -0.05) is 0 Å². The first-order chi connectivity index (χ1) is 9.79. The van der Waals surface area contributed by atoms with Crippen molar-refractivity contribution in [3.05, 3.63) is 24.0 Å². The van der Waals surface area contributed by atoms with Gasteiger partial charge in [-0.15, -0.1) is 0 Å². The minimum Gasteiger partial charge on any atom is -0.398 e. The zero-order chi connectivity index (χ0) is 15.6. The highest BCUT2D eigenvalue weighted by molar-refractivity contribution is 7.91. The smallest absolute Gasteiger partial charge is 0.183 e. The van der Waals surface area contributed by atoms with Gasteiger partial charge < -0.3 is 10.5 Å². The second-order valence-electron chi connectivity index (χ2n) is 5.55. The fourth-order valence-corrected chi connectivity index (χ4v) is 4.01. The molecule has 2 rings (SSSR count). The molecule has 1 fully saturated rings. The minimum absolute atomic E-state index is 0.0332. The first-order valence-electron chi connectivity index (χ1n) is 6.93. The van der Waals surface area contributed by atoms with Crippen LogP contribution in [0, 0.1) is 5.82 Å². The number of sulfone groups is 1. The first kappa shape index (κ1) is 16.2. The molecule has 1 saturated heterocycles. The Balaban J connectivity index is 2.14. The number of benzene rings is 1. The summed E-state index contributed by atoms with van der Waals surface area (Å²) in [4.78, 5) is 2.15. The van der Waals surface area contributed by atoms with Crippen LogP contribution in [-0.4, -0.2) is 50.9 Å². The summed E-state index contributed by atoms with van der Waals surface area (Å²) < 4.78 is 43.4. The van der Waals surface area contributed by atoms with Gasteiger partial charge in [0.2, 0.25) is 0 Å². The van der Waals surface area contributed by atoms with E-state index >= 15 is 0 Å². The third kappa shape index (κ3) is 3.93. The minimum atomic E-state index is -3.60. The zero-order valence-electron chi connectivity index (χ0n) is 12.3. The monoisotopic (exact) mass is 316 g/mol. The van der Waals surface area contributed by atoms with E-state index < -0.39 is 21.8 Å². The Bertz CT molecular complexity index is 604. The number of morpholine rings is 1. The third-order valence-corrected chi connectivity index (χ3v) is 5.47. The van der Waals surface area contributed by atoms with Crippen LogP contribution in [0.15, 0.2) is 23.1 Å². The molecular formula is C14H21FN2O3S. The Kier molecular flexibility index (Phi) is 4.85. The molecule has 7 heteroatoms. The van der Waals surface area contributed by atoms with Crippen molar-refractivity contribution in [2.24, 2.45) is 0 Å². The highest BCUT2D eigenvalue weighted by Crippen LogP contribution is 2.22. The molecule has 1 aliphatic rings. The maximum absolute atomic E-state index is 13.0. The SMILES string of the molecule is CC(C)N1CCOC(CS(=O)(=O)c2ccc(F)cc2N)C1. The fourth-order valence-electron chi connectivity index (χ4n) is 2.45. The number of nitrogens with two attached hydrogens (primary N) is 1. The average molecular weight is 316 g/mol. The highest BCUT2D eigenvalue weighted by atomic mass is 32.2. The van der Waals surface area contributed by atoms with Gasteiger partial charge in [-0.3, -0.25) is 4.90 Å². The van der Waals surface area contributed by atoms with Crippen LogP contribution in [0.5, 0.6) is 0 Å². The van der Waals surface area contributed by atoms with Crippen LogP contribution < -0.4 is 5.73 Å². The van der Waals surface area contributed by atoms with E-state index in [-0.39, 0.29) is 16.3 Å². The molecule has 0 bridgehead atoms. The number of anilines is 1. The normalized spacial score (nSPS) is 20.9. The van der Waals surface area contributed by atoms with Crippen LogP contribution in [0.4, 0.5) is 10.1 Å². The first-order valence-corrected chi connectivity index (χ1v) is 8.58. The van der Waals surface area contributed by atoms with Crippen LogP contribution >= 0.6 is 0 Å². The van der Waals surface area contributed by atoms with Gasteiger partial charge >= 0.3 is 0 Å². The number of halogens is 1. The Morgan fingerprint density at radius 2 is 2.19 bits per heavy atom. The molecule has 1 atom stereocenters. The summed E-state index contributed by atoms with van der Waals surface area (Å²) in [5.74, 6) is -0.696. The lowest BCUT2D eigenvalue weighted by molar-refractivity contribution is -0.0272. The molecule has 0 aliphatic carbocycles. The number of hydrogen-bond acceptors (Lipinski definition) is 5. The molecule has 1 aromatic carbocycles. The van der Waals surface area contributed by atoms with Crippen LogP contribution in [0.2, 0.25) is 0 Å². The van der Waals surface area contributed by atoms with E-state index in [2.05, 4.69) is 18.7 Å². The third-order valence-electron chi connectivity index (χ3n) is 3.61. The van der Waals surface area contributed by atoms with Crippen LogP contribution in [0.25, 0.3) is 0 Å². The molecule has 1 heterocycles. The summed E-state index contributed by atoms with van der Waals surface area (Å²) in [7, 11) is -3.60. The topological polar surface area (TPSA) is 72.6 Å². The standard InChI is InChI=1S/C14H21FN2O3S/c1-10(2)17-5-6-20-12(8-17)9-21(18,19)14-4-3-11(15)7-13(14)16/h3-4,7,10,12H,5-6,8-9,16H2,1-2H3. The van der Waals surface area contributed by atoms with Gasteiger partial charge in [0.25, 0.3) is 0 Å². The predicted molar refractivity (Wildman–Crippen MR) is 79.3 cm³/mol. The molecule has 0 saturated carbocycles. The number of hydrogen-bond donors (Lipinski definition) is 1. The van der Waals surface area contributed by atoms with Crippen molar-refractivity contribution in [2.75, 3.05) is 31.2 Å². The number of rotatable bonds is 4. The van der Waals surface area contributed by atoms with Gasteiger partial charge in [0, 0.05) is 19.1 Å². The van der Waals surface area contributed by atoms with Crippen molar-refractivity contribution in [1.29, 1.82) is 0 Å². The quantitative estimate of drug-likeness (QED) is 0.669. The highest BCUT2D eigenvalue weighted by Gasteiger charge is 2.29. The van der Waals surface area contributed by atoms with E-state index in [1.54, 1.807) is 0 Å². The van der Waals surface area contributed by atoms with E-state index in [9.17, 15) is 12.8 Å². The van der Waals surface area contributed by atoms with E-state index in [0.717, 1.165) is 18.7 Å². The summed E-state index contributed by atoms with van der Waals surface area (Å²) >= 11 is 0. The predicted octanol–water partition coefficient (Wildman–Crippen LogP) is 1.29. The molecule has 21 heavy (non-hydrogen) atoms. The summed E-state index contributed by atoms with van der Waals surface area (Å²) in [5.41, 5.74) is 5.55. The van der Waals surface area contributed by atoms with Crippen molar-refractivity contribution in [2.45, 2.75) is 30.9 Å². The van der Waals surface area contributed by atoms with Crippen molar-refractivity contribution < 1.29 is 17.5 Å². The van der Waals surface area contributed by atoms with Crippen molar-refractivity contribution in [3.8, 4) is 0 Å². The maximum Gasteiger partial charge on any atom is 0.183 e. The van der Waals surface area contributed by atoms with Gasteiger partial charge in [-0.25, -0.2) is 12.8 Å². The van der Waals surface area contributed by atoms with Gasteiger partial charge in [0.05, 0.1) is 29.0 Å². The van der Waals surface area contributed by atoms with Crippen molar-refractivity contribution in [1.82, 2.24) is 4.90 Å². The Morgan fingerprint density at radius 1 is 1.48 bits per heavy atom. The molecule has 5 nitrogen and oxygen atoms in total. The molecule has 118 valence electrons. The largest absolute Gasteiger partial charge is 0.398 e. The van der Waals surface area contributed by atoms with E-state index in [4.69, 9.17) is 10.5 Å². The molecule has 1 unspecified atom stereocenters. The molecule has 0 spiro atoms. The van der Waals surface area contributed by atoms with E-state index in [0.29, 0.717) is 19.2 Å². The lowest BCUT2D eigenvalue weighted by atomic mass is 10.2. The summed E-state index contributed by atoms with van der Waals surface area (Å²) in [5, 5.41) is 0. The maximum atomic E-state index is 13.0. The average Bonchev–Trinajstić information content (AvgIpc) is 2.37.